The van der Waals surface area contributed by atoms with Gasteiger partial charge in [0.05, 0.1) is 20.0 Å². The van der Waals surface area contributed by atoms with Gasteiger partial charge in [0.25, 0.3) is 0 Å². The number of aromatic nitrogens is 2. The van der Waals surface area contributed by atoms with Crippen molar-refractivity contribution in [1.82, 2.24) is 14.9 Å². The summed E-state index contributed by atoms with van der Waals surface area (Å²) in [6.07, 6.45) is 6.61. The smallest absolute Gasteiger partial charge is 0.220 e. The normalized spacial score (nSPS) is 10.5. The Kier molecular flexibility index (Phi) is 7.07. The first-order valence-corrected chi connectivity index (χ1v) is 9.30. The molecular weight excluding hydrogens is 354 g/mol. The molecule has 1 amide bonds. The molecule has 1 heterocycles. The Morgan fingerprint density at radius 1 is 1.04 bits per heavy atom. The van der Waals surface area contributed by atoms with Crippen molar-refractivity contribution in [2.75, 3.05) is 13.7 Å². The molecule has 0 saturated carbocycles. The molecule has 0 spiro atoms. The molecule has 3 aromatic rings. The Morgan fingerprint density at radius 2 is 1.75 bits per heavy atom. The van der Waals surface area contributed by atoms with Gasteiger partial charge in [0, 0.05) is 31.9 Å². The highest BCUT2D eigenvalue weighted by Gasteiger charge is 2.03. The van der Waals surface area contributed by atoms with Crippen molar-refractivity contribution >= 4 is 5.91 Å². The maximum absolute atomic E-state index is 12.0. The van der Waals surface area contributed by atoms with E-state index in [0.717, 1.165) is 23.6 Å². The molecule has 0 saturated heterocycles. The van der Waals surface area contributed by atoms with E-state index in [1.54, 1.807) is 19.6 Å². The average Bonchev–Trinajstić information content (AvgIpc) is 3.24. The molecule has 2 aromatic carbocycles. The quantitative estimate of drug-likeness (QED) is 0.548. The molecule has 0 aliphatic heterocycles. The van der Waals surface area contributed by atoms with Crippen LogP contribution in [-0.2, 0) is 17.9 Å². The lowest BCUT2D eigenvalue weighted by Gasteiger charge is -2.08. The fraction of sp³-hybridized carbons (Fsp3) is 0.273. The summed E-state index contributed by atoms with van der Waals surface area (Å²) in [5, 5.41) is 2.95. The number of carbonyl (C=O) groups excluding carboxylic acids is 1. The van der Waals surface area contributed by atoms with Gasteiger partial charge in [-0.1, -0.05) is 24.3 Å². The molecule has 6 nitrogen and oxygen atoms in total. The number of amides is 1. The third kappa shape index (κ3) is 6.16. The third-order valence-corrected chi connectivity index (χ3v) is 4.31. The van der Waals surface area contributed by atoms with Crippen molar-refractivity contribution in [3.8, 4) is 11.5 Å². The van der Waals surface area contributed by atoms with Crippen molar-refractivity contribution < 1.29 is 14.3 Å². The molecule has 0 fully saturated rings. The molecule has 146 valence electrons. The van der Waals surface area contributed by atoms with Crippen LogP contribution in [0.25, 0.3) is 0 Å². The molecule has 1 aromatic heterocycles. The summed E-state index contributed by atoms with van der Waals surface area (Å²) < 4.78 is 12.8. The first-order valence-electron chi connectivity index (χ1n) is 9.30. The third-order valence-electron chi connectivity index (χ3n) is 4.31. The molecular formula is C22H25N3O3. The Hall–Kier alpha value is -3.28. The molecule has 3 rings (SSSR count). The van der Waals surface area contributed by atoms with Gasteiger partial charge in [0.2, 0.25) is 5.91 Å². The molecule has 1 N–H and O–H groups in total. The van der Waals surface area contributed by atoms with Gasteiger partial charge >= 0.3 is 0 Å². The fourth-order valence-electron chi connectivity index (χ4n) is 2.74. The Bertz CT molecular complexity index is 844. The van der Waals surface area contributed by atoms with E-state index in [2.05, 4.69) is 22.4 Å². The van der Waals surface area contributed by atoms with Crippen LogP contribution in [0.2, 0.25) is 0 Å². The van der Waals surface area contributed by atoms with Crippen molar-refractivity contribution in [3.05, 3.63) is 78.4 Å². The first kappa shape index (κ1) is 19.5. The van der Waals surface area contributed by atoms with Crippen LogP contribution < -0.4 is 14.8 Å². The summed E-state index contributed by atoms with van der Waals surface area (Å²) in [5.41, 5.74) is 2.28. The minimum absolute atomic E-state index is 0.0285. The number of benzene rings is 2. The molecule has 0 radical (unpaired) electrons. The number of ether oxygens (including phenoxy) is 2. The number of hydrogen-bond acceptors (Lipinski definition) is 4. The Morgan fingerprint density at radius 3 is 2.43 bits per heavy atom. The molecule has 6 heteroatoms. The largest absolute Gasteiger partial charge is 0.497 e. The maximum Gasteiger partial charge on any atom is 0.220 e. The summed E-state index contributed by atoms with van der Waals surface area (Å²) in [5.74, 6) is 1.60. The lowest BCUT2D eigenvalue weighted by Crippen LogP contribution is -2.23. The monoisotopic (exact) mass is 379 g/mol. The van der Waals surface area contributed by atoms with Gasteiger partial charge in [-0.15, -0.1) is 0 Å². The minimum Gasteiger partial charge on any atom is -0.497 e. The van der Waals surface area contributed by atoms with E-state index in [-0.39, 0.29) is 5.91 Å². The van der Waals surface area contributed by atoms with Crippen molar-refractivity contribution in [2.24, 2.45) is 0 Å². The highest BCUT2D eigenvalue weighted by molar-refractivity contribution is 5.75. The number of carbonyl (C=O) groups is 1. The Labute approximate surface area is 165 Å². The predicted octanol–water partition coefficient (Wildman–Crippen LogP) is 3.42. The molecule has 0 bridgehead atoms. The molecule has 0 unspecified atom stereocenters. The summed E-state index contributed by atoms with van der Waals surface area (Å²) in [7, 11) is 1.63. The van der Waals surface area contributed by atoms with Crippen LogP contribution in [0.4, 0.5) is 0 Å². The number of methoxy groups -OCH3 is 1. The number of imidazole rings is 1. The zero-order valence-corrected chi connectivity index (χ0v) is 16.0. The van der Waals surface area contributed by atoms with Gasteiger partial charge in [-0.25, -0.2) is 4.98 Å². The number of nitrogens with one attached hydrogen (secondary N) is 1. The van der Waals surface area contributed by atoms with Gasteiger partial charge in [-0.2, -0.15) is 0 Å². The summed E-state index contributed by atoms with van der Waals surface area (Å²) in [6.45, 7) is 1.83. The number of hydrogen-bond donors (Lipinski definition) is 1. The van der Waals surface area contributed by atoms with E-state index in [1.165, 1.54) is 5.56 Å². The second kappa shape index (κ2) is 10.2. The maximum atomic E-state index is 12.0. The van der Waals surface area contributed by atoms with Gasteiger partial charge in [-0.05, 0) is 41.8 Å². The lowest BCUT2D eigenvalue weighted by atomic mass is 10.1. The van der Waals surface area contributed by atoms with Crippen LogP contribution in [0, 0.1) is 0 Å². The fourth-order valence-corrected chi connectivity index (χ4v) is 2.74. The lowest BCUT2D eigenvalue weighted by molar-refractivity contribution is -0.121. The van der Waals surface area contributed by atoms with Gasteiger partial charge in [-0.3, -0.25) is 4.79 Å². The summed E-state index contributed by atoms with van der Waals surface area (Å²) >= 11 is 0. The van der Waals surface area contributed by atoms with Crippen LogP contribution in [0.1, 0.15) is 24.0 Å². The molecule has 0 aliphatic carbocycles. The topological polar surface area (TPSA) is 65.4 Å². The second-order valence-electron chi connectivity index (χ2n) is 6.46. The van der Waals surface area contributed by atoms with Crippen molar-refractivity contribution in [3.63, 3.8) is 0 Å². The molecule has 0 atom stereocenters. The molecule has 28 heavy (non-hydrogen) atoms. The van der Waals surface area contributed by atoms with Crippen molar-refractivity contribution in [2.45, 2.75) is 25.9 Å². The first-order chi connectivity index (χ1) is 13.7. The van der Waals surface area contributed by atoms with Gasteiger partial charge in [0.15, 0.2) is 0 Å². The summed E-state index contributed by atoms with van der Waals surface area (Å²) in [4.78, 5) is 16.0. The zero-order chi connectivity index (χ0) is 19.6. The van der Waals surface area contributed by atoms with E-state index < -0.39 is 0 Å². The van der Waals surface area contributed by atoms with Crippen LogP contribution >= 0.6 is 0 Å². The average molecular weight is 379 g/mol. The highest BCUT2D eigenvalue weighted by atomic mass is 16.5. The van der Waals surface area contributed by atoms with Gasteiger partial charge < -0.3 is 19.4 Å². The number of nitrogens with zero attached hydrogens (tertiary/aromatic N) is 2. The van der Waals surface area contributed by atoms with Crippen LogP contribution in [0.3, 0.4) is 0 Å². The molecule has 0 aliphatic rings. The van der Waals surface area contributed by atoms with Crippen molar-refractivity contribution in [1.29, 1.82) is 0 Å². The predicted molar refractivity (Wildman–Crippen MR) is 107 cm³/mol. The van der Waals surface area contributed by atoms with Gasteiger partial charge in [0.1, 0.15) is 11.5 Å². The van der Waals surface area contributed by atoms with E-state index in [1.807, 2.05) is 47.2 Å². The minimum atomic E-state index is 0.0285. The van der Waals surface area contributed by atoms with E-state index in [0.29, 0.717) is 26.0 Å². The van der Waals surface area contributed by atoms with Crippen LogP contribution in [0.5, 0.6) is 11.5 Å². The summed E-state index contributed by atoms with van der Waals surface area (Å²) in [6, 6.07) is 15.6. The standard InChI is InChI=1S/C22H25N3O3/c1-27-20-8-10-21(11-9-20)28-14-2-3-22(26)24-15-18-4-6-19(7-5-18)16-25-13-12-23-17-25/h4-13,17H,2-3,14-16H2,1H3,(H,24,26). The van der Waals surface area contributed by atoms with E-state index in [9.17, 15) is 4.79 Å². The zero-order valence-electron chi connectivity index (χ0n) is 16.0. The van der Waals surface area contributed by atoms with Crippen LogP contribution in [-0.4, -0.2) is 29.2 Å². The second-order valence-corrected chi connectivity index (χ2v) is 6.46. The number of rotatable bonds is 10. The SMILES string of the molecule is COc1ccc(OCCCC(=O)NCc2ccc(Cn3ccnc3)cc2)cc1. The highest BCUT2D eigenvalue weighted by Crippen LogP contribution is 2.17. The van der Waals surface area contributed by atoms with E-state index in [4.69, 9.17) is 9.47 Å². The Balaban J connectivity index is 1.32. The van der Waals surface area contributed by atoms with E-state index >= 15 is 0 Å². The van der Waals surface area contributed by atoms with Crippen LogP contribution in [0.15, 0.2) is 67.3 Å².